The summed E-state index contributed by atoms with van der Waals surface area (Å²) in [6, 6.07) is 0. The molecule has 2 nitrogen and oxygen atoms in total. The molecule has 0 aliphatic rings. The van der Waals surface area contributed by atoms with Crippen LogP contribution in [-0.2, 0) is 0 Å². The number of hydrogen-bond acceptors (Lipinski definition) is 2. The first-order valence-electron chi connectivity index (χ1n) is 8.63. The molecule has 0 amide bonds. The smallest absolute Gasteiger partial charge is 0.0662 e. The summed E-state index contributed by atoms with van der Waals surface area (Å²) in [5.41, 5.74) is 0. The van der Waals surface area contributed by atoms with Gasteiger partial charge in [0, 0.05) is 0 Å². The minimum Gasteiger partial charge on any atom is -0.394 e. The van der Waals surface area contributed by atoms with Crippen LogP contribution in [0.3, 0.4) is 0 Å². The molecule has 0 spiro atoms. The van der Waals surface area contributed by atoms with E-state index in [1.165, 1.54) is 0 Å². The highest BCUT2D eigenvalue weighted by molar-refractivity contribution is 4.25. The van der Waals surface area contributed by atoms with Gasteiger partial charge >= 0.3 is 0 Å². The van der Waals surface area contributed by atoms with Crippen molar-refractivity contribution in [2.45, 2.75) is 0 Å². The molecule has 0 aromatic carbocycles. The third-order valence-corrected chi connectivity index (χ3v) is 0.1000. The van der Waals surface area contributed by atoms with Gasteiger partial charge in [-0.1, -0.05) is 0 Å². The Hall–Kier alpha value is -3.98. The van der Waals surface area contributed by atoms with Gasteiger partial charge in [-0.25, -0.2) is 0 Å². The fourth-order valence-corrected chi connectivity index (χ4v) is 0. The van der Waals surface area contributed by atoms with Crippen molar-refractivity contribution in [2.75, 3.05) is 13.2 Å². The average Bonchev–Trinajstić information content (AvgIpc) is 3.07. The maximum atomic E-state index is 7.62. The molecule has 0 aromatic heterocycles. The lowest BCUT2D eigenvalue weighted by Gasteiger charge is -1.70. The summed E-state index contributed by atoms with van der Waals surface area (Å²) in [5.74, 6) is 0. The lowest BCUT2D eigenvalue weighted by Crippen LogP contribution is -1.85. The zero-order valence-electron chi connectivity index (χ0n) is 23.5. The number of rotatable bonds is 1. The summed E-state index contributed by atoms with van der Waals surface area (Å²) in [6.07, 6.45) is 0. The van der Waals surface area contributed by atoms with E-state index in [1.54, 1.807) is 0 Å². The van der Waals surface area contributed by atoms with Gasteiger partial charge < -0.3 is 10.2 Å². The molecule has 0 radical (unpaired) electrons. The second-order valence-corrected chi connectivity index (χ2v) is 0.447. The third-order valence-electron chi connectivity index (χ3n) is 0.1000. The van der Waals surface area contributed by atoms with E-state index in [4.69, 9.17) is 10.2 Å². The Morgan fingerprint density at radius 3 is 0.206 bits per heavy atom. The van der Waals surface area contributed by atoms with Gasteiger partial charge in [-0.3, -0.25) is 0 Å². The van der Waals surface area contributed by atoms with Crippen LogP contribution in [0, 0.1) is 0 Å². The van der Waals surface area contributed by atoms with Crippen molar-refractivity contribution in [2.24, 2.45) is 0 Å². The van der Waals surface area contributed by atoms with E-state index in [-0.39, 0.29) is 13.2 Å². The van der Waals surface area contributed by atoms with Crippen LogP contribution in [0.1, 0.15) is 0 Å². The third kappa shape index (κ3) is 2300. The molecule has 0 atom stereocenters. The molecule has 0 unspecified atom stereocenters. The van der Waals surface area contributed by atoms with Crippen LogP contribution in [0.2, 0.25) is 0 Å². The predicted octanol–water partition coefficient (Wildman–Crippen LogP) is 11.0. The maximum Gasteiger partial charge on any atom is 0.0662 e. The first-order valence-corrected chi connectivity index (χ1v) is 8.63. The number of hydrogen-bond donors (Lipinski definition) is 2. The molecule has 0 aliphatic carbocycles. The average molecular weight is 483 g/mol. The Bertz CT molecular complexity index is 89.3. The van der Waals surface area contributed by atoms with Crippen molar-refractivity contribution in [3.63, 3.8) is 0 Å². The standard InChI is InChI=1S/C2H6O2.15C2H4/c3-1-2-4;15*1-2/h3-4H,1-2H2;15*1-2H2. The number of aliphatic hydroxyl groups excluding tert-OH is 2. The van der Waals surface area contributed by atoms with Crippen LogP contribution in [0.4, 0.5) is 0 Å². The molecule has 0 aliphatic heterocycles. The maximum absolute atomic E-state index is 7.62. The summed E-state index contributed by atoms with van der Waals surface area (Å²) in [6.45, 7) is 89.8. The summed E-state index contributed by atoms with van der Waals surface area (Å²) < 4.78 is 0. The van der Waals surface area contributed by atoms with E-state index in [2.05, 4.69) is 197 Å². The van der Waals surface area contributed by atoms with Crippen molar-refractivity contribution >= 4 is 0 Å². The quantitative estimate of drug-likeness (QED) is 0.365. The molecule has 206 valence electrons. The van der Waals surface area contributed by atoms with Crippen LogP contribution in [0.5, 0.6) is 0 Å². The lowest BCUT2D eigenvalue weighted by molar-refractivity contribution is 0.186. The van der Waals surface area contributed by atoms with Crippen molar-refractivity contribution in [1.82, 2.24) is 0 Å². The van der Waals surface area contributed by atoms with Gasteiger partial charge in [-0.05, 0) is 0 Å². The van der Waals surface area contributed by atoms with E-state index < -0.39 is 0 Å². The van der Waals surface area contributed by atoms with E-state index >= 15 is 0 Å². The second-order valence-electron chi connectivity index (χ2n) is 0.447. The van der Waals surface area contributed by atoms with Gasteiger partial charge in [0.15, 0.2) is 0 Å². The largest absolute Gasteiger partial charge is 0.394 e. The Morgan fingerprint density at radius 1 is 0.176 bits per heavy atom. The molecule has 0 saturated heterocycles. The summed E-state index contributed by atoms with van der Waals surface area (Å²) >= 11 is 0. The van der Waals surface area contributed by atoms with E-state index in [9.17, 15) is 0 Å². The Morgan fingerprint density at radius 2 is 0.206 bits per heavy atom. The van der Waals surface area contributed by atoms with Gasteiger partial charge in [0.25, 0.3) is 0 Å². The van der Waals surface area contributed by atoms with Gasteiger partial charge in [0.1, 0.15) is 0 Å². The molecule has 0 heterocycles. The second kappa shape index (κ2) is 5810. The minimum atomic E-state index is -0.125. The first-order chi connectivity index (χ1) is 16.9. The highest BCUT2D eigenvalue weighted by atomic mass is 16.3. The minimum absolute atomic E-state index is 0.125. The van der Waals surface area contributed by atoms with Gasteiger partial charge in [0.05, 0.1) is 13.2 Å². The molecule has 34 heavy (non-hydrogen) atoms. The van der Waals surface area contributed by atoms with E-state index in [1.807, 2.05) is 0 Å². The predicted molar refractivity (Wildman–Crippen MR) is 183 cm³/mol. The molecule has 0 saturated carbocycles. The fourth-order valence-electron chi connectivity index (χ4n) is 0. The van der Waals surface area contributed by atoms with Crippen molar-refractivity contribution in [3.05, 3.63) is 197 Å². The lowest BCUT2D eigenvalue weighted by atomic mass is 10.8. The first kappa shape index (κ1) is 129. The summed E-state index contributed by atoms with van der Waals surface area (Å²) in [7, 11) is 0. The van der Waals surface area contributed by atoms with Crippen LogP contribution < -0.4 is 0 Å². The molecule has 0 fully saturated rings. The van der Waals surface area contributed by atoms with Crippen LogP contribution in [0.15, 0.2) is 197 Å². The van der Waals surface area contributed by atoms with Gasteiger partial charge in [-0.15, -0.1) is 197 Å². The summed E-state index contributed by atoms with van der Waals surface area (Å²) in [4.78, 5) is 0. The molecular formula is C32H66O2. The van der Waals surface area contributed by atoms with Crippen LogP contribution in [0.25, 0.3) is 0 Å². The van der Waals surface area contributed by atoms with Crippen LogP contribution in [-0.4, -0.2) is 23.4 Å². The molecule has 2 heteroatoms. The van der Waals surface area contributed by atoms with Gasteiger partial charge in [0.2, 0.25) is 0 Å². The fraction of sp³-hybridized carbons (Fsp3) is 0.0625. The highest BCUT2D eigenvalue weighted by Gasteiger charge is 1.58. The van der Waals surface area contributed by atoms with Crippen LogP contribution >= 0.6 is 0 Å². The van der Waals surface area contributed by atoms with E-state index in [0.717, 1.165) is 0 Å². The zero-order valence-corrected chi connectivity index (χ0v) is 23.5. The molecule has 2 N–H and O–H groups in total. The monoisotopic (exact) mass is 483 g/mol. The van der Waals surface area contributed by atoms with Crippen molar-refractivity contribution in [3.8, 4) is 0 Å². The molecule has 0 rings (SSSR count). The van der Waals surface area contributed by atoms with Crippen molar-refractivity contribution < 1.29 is 10.2 Å². The topological polar surface area (TPSA) is 40.5 Å². The summed E-state index contributed by atoms with van der Waals surface area (Å²) in [5, 5.41) is 15.2. The molecule has 0 bridgehead atoms. The highest BCUT2D eigenvalue weighted by Crippen LogP contribution is 1.39. The molecule has 0 aromatic rings. The Balaban J connectivity index is -0.00000000731. The van der Waals surface area contributed by atoms with E-state index in [0.29, 0.717) is 0 Å². The normalized spacial score (nSPS) is 2.65. The SMILES string of the molecule is C=C.C=C.C=C.C=C.C=C.C=C.C=C.C=C.C=C.C=C.C=C.C=C.C=C.C=C.C=C.OCCO. The van der Waals surface area contributed by atoms with Gasteiger partial charge in [-0.2, -0.15) is 0 Å². The Kier molecular flexibility index (Phi) is 22000. The van der Waals surface area contributed by atoms with Crippen molar-refractivity contribution in [1.29, 1.82) is 0 Å². The Labute approximate surface area is 220 Å². The zero-order chi connectivity index (χ0) is 33.4. The number of aliphatic hydroxyl groups is 2. The molecular weight excluding hydrogens is 416 g/mol.